The first-order chi connectivity index (χ1) is 7.75. The maximum atomic E-state index is 10.8. The maximum absolute atomic E-state index is 10.8. The summed E-state index contributed by atoms with van der Waals surface area (Å²) >= 11 is 0. The molecule has 5 nitrogen and oxygen atoms in total. The van der Waals surface area contributed by atoms with E-state index in [9.17, 15) is 4.79 Å². The van der Waals surface area contributed by atoms with Crippen molar-refractivity contribution in [2.24, 2.45) is 0 Å². The summed E-state index contributed by atoms with van der Waals surface area (Å²) < 4.78 is 2.03. The largest absolute Gasteiger partial charge is 0.481 e. The van der Waals surface area contributed by atoms with E-state index in [1.807, 2.05) is 4.68 Å². The number of rotatable bonds is 3. The van der Waals surface area contributed by atoms with Crippen LogP contribution in [0.5, 0.6) is 0 Å². The molecule has 2 aliphatic carbocycles. The van der Waals surface area contributed by atoms with Crippen molar-refractivity contribution in [1.82, 2.24) is 15.0 Å². The van der Waals surface area contributed by atoms with E-state index in [1.165, 1.54) is 18.5 Å². The first-order valence-corrected chi connectivity index (χ1v) is 5.91. The summed E-state index contributed by atoms with van der Waals surface area (Å²) in [4.78, 5) is 10.8. The number of aromatic nitrogens is 3. The Balaban J connectivity index is 1.90. The fourth-order valence-electron chi connectivity index (χ4n) is 2.56. The van der Waals surface area contributed by atoms with Gasteiger partial charge in [-0.05, 0) is 32.1 Å². The van der Waals surface area contributed by atoms with Crippen molar-refractivity contribution in [3.05, 3.63) is 11.4 Å². The third-order valence-corrected chi connectivity index (χ3v) is 3.49. The van der Waals surface area contributed by atoms with Gasteiger partial charge in [0.05, 0.1) is 23.9 Å². The molecule has 16 heavy (non-hydrogen) atoms. The Morgan fingerprint density at radius 1 is 1.44 bits per heavy atom. The van der Waals surface area contributed by atoms with Crippen LogP contribution < -0.4 is 0 Å². The third kappa shape index (κ3) is 1.60. The van der Waals surface area contributed by atoms with Gasteiger partial charge in [0, 0.05) is 5.92 Å². The molecule has 1 atom stereocenters. The molecule has 1 fully saturated rings. The van der Waals surface area contributed by atoms with E-state index in [1.54, 1.807) is 0 Å². The summed E-state index contributed by atoms with van der Waals surface area (Å²) in [6.07, 6.45) is 5.58. The molecule has 0 amide bonds. The molecule has 0 radical (unpaired) electrons. The lowest BCUT2D eigenvalue weighted by Gasteiger charge is -2.19. The Bertz CT molecular complexity index is 423. The van der Waals surface area contributed by atoms with E-state index in [-0.39, 0.29) is 12.3 Å². The highest BCUT2D eigenvalue weighted by molar-refractivity contribution is 5.68. The van der Waals surface area contributed by atoms with Crippen LogP contribution >= 0.6 is 0 Å². The molecule has 3 rings (SSSR count). The van der Waals surface area contributed by atoms with Crippen LogP contribution in [-0.2, 0) is 11.2 Å². The van der Waals surface area contributed by atoms with E-state index >= 15 is 0 Å². The molecule has 1 aromatic rings. The van der Waals surface area contributed by atoms with Gasteiger partial charge in [-0.2, -0.15) is 0 Å². The molecule has 5 heteroatoms. The molecule has 0 aliphatic heterocycles. The number of hydrogen-bond acceptors (Lipinski definition) is 3. The zero-order valence-corrected chi connectivity index (χ0v) is 9.09. The molecule has 0 spiro atoms. The zero-order valence-electron chi connectivity index (χ0n) is 9.09. The molecule has 2 aliphatic rings. The average Bonchev–Trinajstić information content (AvgIpc) is 2.98. The smallest absolute Gasteiger partial charge is 0.304 e. The molecule has 0 saturated heterocycles. The Morgan fingerprint density at radius 2 is 2.25 bits per heavy atom. The van der Waals surface area contributed by atoms with Crippen LogP contribution in [0.25, 0.3) is 0 Å². The van der Waals surface area contributed by atoms with Gasteiger partial charge >= 0.3 is 5.97 Å². The van der Waals surface area contributed by atoms with E-state index in [2.05, 4.69) is 10.3 Å². The summed E-state index contributed by atoms with van der Waals surface area (Å²) in [7, 11) is 0. The summed E-state index contributed by atoms with van der Waals surface area (Å²) in [5.41, 5.74) is 2.14. The first kappa shape index (κ1) is 9.81. The number of carboxylic acid groups (broad SMARTS) is 1. The highest BCUT2D eigenvalue weighted by atomic mass is 16.4. The van der Waals surface area contributed by atoms with Crippen molar-refractivity contribution in [1.29, 1.82) is 0 Å². The average molecular weight is 221 g/mol. The van der Waals surface area contributed by atoms with E-state index in [4.69, 9.17) is 5.11 Å². The molecule has 1 N–H and O–H groups in total. The van der Waals surface area contributed by atoms with Gasteiger partial charge in [-0.15, -0.1) is 5.10 Å². The van der Waals surface area contributed by atoms with Crippen LogP contribution in [0.1, 0.15) is 55.5 Å². The van der Waals surface area contributed by atoms with Crippen molar-refractivity contribution in [2.45, 2.75) is 50.5 Å². The SMILES string of the molecule is O=C(O)CC1CCCc2c1nnn2C1CC1. The van der Waals surface area contributed by atoms with Crippen LogP contribution in [0.2, 0.25) is 0 Å². The first-order valence-electron chi connectivity index (χ1n) is 5.91. The van der Waals surface area contributed by atoms with Crippen molar-refractivity contribution in [2.75, 3.05) is 0 Å². The lowest BCUT2D eigenvalue weighted by atomic mass is 9.87. The number of nitrogens with zero attached hydrogens (tertiary/aromatic N) is 3. The highest BCUT2D eigenvalue weighted by Crippen LogP contribution is 2.39. The Labute approximate surface area is 93.5 Å². The molecule has 86 valence electrons. The molecule has 1 saturated carbocycles. The van der Waals surface area contributed by atoms with Crippen molar-refractivity contribution in [3.63, 3.8) is 0 Å². The van der Waals surface area contributed by atoms with Crippen LogP contribution in [0.3, 0.4) is 0 Å². The highest BCUT2D eigenvalue weighted by Gasteiger charge is 2.33. The van der Waals surface area contributed by atoms with E-state index < -0.39 is 5.97 Å². The minimum Gasteiger partial charge on any atom is -0.481 e. The molecular weight excluding hydrogens is 206 g/mol. The fourth-order valence-corrected chi connectivity index (χ4v) is 2.56. The normalized spacial score (nSPS) is 24.1. The zero-order chi connectivity index (χ0) is 11.1. The van der Waals surface area contributed by atoms with Crippen molar-refractivity contribution in [3.8, 4) is 0 Å². The van der Waals surface area contributed by atoms with Crippen molar-refractivity contribution >= 4 is 5.97 Å². The minimum atomic E-state index is -0.737. The molecule has 1 heterocycles. The second-order valence-electron chi connectivity index (χ2n) is 4.78. The van der Waals surface area contributed by atoms with Gasteiger partial charge in [0.1, 0.15) is 0 Å². The van der Waals surface area contributed by atoms with Crippen LogP contribution in [-0.4, -0.2) is 26.1 Å². The van der Waals surface area contributed by atoms with Gasteiger partial charge in [-0.3, -0.25) is 4.79 Å². The van der Waals surface area contributed by atoms with Gasteiger partial charge in [-0.1, -0.05) is 5.21 Å². The second kappa shape index (κ2) is 3.57. The van der Waals surface area contributed by atoms with E-state index in [0.717, 1.165) is 25.0 Å². The summed E-state index contributed by atoms with van der Waals surface area (Å²) in [6, 6.07) is 0.542. The van der Waals surface area contributed by atoms with Gasteiger partial charge < -0.3 is 5.11 Å². The molecule has 0 aromatic carbocycles. The summed E-state index contributed by atoms with van der Waals surface area (Å²) in [6.45, 7) is 0. The van der Waals surface area contributed by atoms with Crippen molar-refractivity contribution < 1.29 is 9.90 Å². The van der Waals surface area contributed by atoms with Crippen LogP contribution in [0, 0.1) is 0 Å². The molecule has 1 aromatic heterocycles. The number of aliphatic carboxylic acids is 1. The predicted molar refractivity (Wildman–Crippen MR) is 56.2 cm³/mol. The quantitative estimate of drug-likeness (QED) is 0.840. The summed E-state index contributed by atoms with van der Waals surface area (Å²) in [5.74, 6) is -0.660. The Kier molecular flexibility index (Phi) is 2.19. The summed E-state index contributed by atoms with van der Waals surface area (Å²) in [5, 5.41) is 17.3. The topological polar surface area (TPSA) is 68.0 Å². The molecular formula is C11H15N3O2. The molecule has 1 unspecified atom stereocenters. The van der Waals surface area contributed by atoms with Gasteiger partial charge in [0.25, 0.3) is 0 Å². The Hall–Kier alpha value is -1.39. The monoisotopic (exact) mass is 221 g/mol. The predicted octanol–water partition coefficient (Wildman–Crippen LogP) is 1.51. The third-order valence-electron chi connectivity index (χ3n) is 3.49. The van der Waals surface area contributed by atoms with Gasteiger partial charge in [0.2, 0.25) is 0 Å². The number of fused-ring (bicyclic) bond motifs is 1. The fraction of sp³-hybridized carbons (Fsp3) is 0.727. The lowest BCUT2D eigenvalue weighted by molar-refractivity contribution is -0.137. The number of hydrogen-bond donors (Lipinski definition) is 1. The van der Waals surface area contributed by atoms with Crippen LogP contribution in [0.15, 0.2) is 0 Å². The minimum absolute atomic E-state index is 0.0775. The number of carbonyl (C=O) groups is 1. The van der Waals surface area contributed by atoms with E-state index in [0.29, 0.717) is 6.04 Å². The number of carboxylic acids is 1. The second-order valence-corrected chi connectivity index (χ2v) is 4.78. The van der Waals surface area contributed by atoms with Gasteiger partial charge in [-0.25, -0.2) is 4.68 Å². The lowest BCUT2D eigenvalue weighted by Crippen LogP contribution is -2.15. The molecule has 0 bridgehead atoms. The van der Waals surface area contributed by atoms with Gasteiger partial charge in [0.15, 0.2) is 0 Å². The van der Waals surface area contributed by atoms with Crippen LogP contribution in [0.4, 0.5) is 0 Å². The standard InChI is InChI=1S/C11H15N3O2/c15-10(16)6-7-2-1-3-9-11(7)12-13-14(9)8-4-5-8/h7-8H,1-6H2,(H,15,16). The Morgan fingerprint density at radius 3 is 2.94 bits per heavy atom. The maximum Gasteiger partial charge on any atom is 0.304 e.